The number of amides is 1. The number of hydrogen-bond donors (Lipinski definition) is 0. The van der Waals surface area contributed by atoms with Crippen LogP contribution in [0, 0.1) is 27.7 Å². The van der Waals surface area contributed by atoms with Crippen LogP contribution in [0.2, 0.25) is 0 Å². The van der Waals surface area contributed by atoms with E-state index in [4.69, 9.17) is 0 Å². The van der Waals surface area contributed by atoms with Crippen molar-refractivity contribution in [3.63, 3.8) is 0 Å². The fourth-order valence-electron chi connectivity index (χ4n) is 4.13. The summed E-state index contributed by atoms with van der Waals surface area (Å²) in [5.74, 6) is 0.187. The first-order valence-electron chi connectivity index (χ1n) is 11.1. The van der Waals surface area contributed by atoms with Crippen molar-refractivity contribution in [1.29, 1.82) is 0 Å². The molecule has 0 saturated heterocycles. The fraction of sp³-hybridized carbons (Fsp3) is 0.407. The van der Waals surface area contributed by atoms with Crippen LogP contribution in [-0.4, -0.2) is 33.7 Å². The molecule has 31 heavy (non-hydrogen) atoms. The fourth-order valence-corrected chi connectivity index (χ4v) is 4.13. The van der Waals surface area contributed by atoms with E-state index in [1.807, 2.05) is 30.6 Å². The molecule has 164 valence electrons. The van der Waals surface area contributed by atoms with E-state index in [2.05, 4.69) is 74.4 Å². The predicted octanol–water partition coefficient (Wildman–Crippen LogP) is 4.90. The van der Waals surface area contributed by atoms with E-state index in [1.165, 1.54) is 27.8 Å². The number of rotatable bonds is 8. The van der Waals surface area contributed by atoms with E-state index in [0.29, 0.717) is 6.42 Å². The summed E-state index contributed by atoms with van der Waals surface area (Å²) < 4.78 is 1.90. The molecule has 0 bridgehead atoms. The molecule has 2 aromatic carbocycles. The van der Waals surface area contributed by atoms with Gasteiger partial charge < -0.3 is 4.90 Å². The third-order valence-electron chi connectivity index (χ3n) is 6.37. The quantitative estimate of drug-likeness (QED) is 0.523. The van der Waals surface area contributed by atoms with Crippen molar-refractivity contribution in [2.24, 2.45) is 7.05 Å². The van der Waals surface area contributed by atoms with Gasteiger partial charge in [0, 0.05) is 32.3 Å². The molecule has 1 aromatic heterocycles. The number of carbonyl (C=O) groups is 1. The number of benzene rings is 2. The van der Waals surface area contributed by atoms with Gasteiger partial charge in [0.25, 0.3) is 0 Å². The van der Waals surface area contributed by atoms with E-state index in [0.717, 1.165) is 30.7 Å². The van der Waals surface area contributed by atoms with Crippen LogP contribution in [0.25, 0.3) is 0 Å². The molecule has 0 N–H and O–H groups in total. The Morgan fingerprint density at radius 3 is 1.81 bits per heavy atom. The van der Waals surface area contributed by atoms with Crippen LogP contribution in [0.5, 0.6) is 0 Å². The summed E-state index contributed by atoms with van der Waals surface area (Å²) in [6, 6.07) is 17.4. The maximum Gasteiger partial charge on any atom is 0.222 e. The second kappa shape index (κ2) is 9.95. The Morgan fingerprint density at radius 2 is 1.39 bits per heavy atom. The van der Waals surface area contributed by atoms with Gasteiger partial charge in [0.1, 0.15) is 0 Å². The number of nitrogens with zero attached hydrogens (tertiary/aromatic N) is 3. The molecule has 0 spiro atoms. The number of carbonyl (C=O) groups excluding carboxylic acids is 1. The lowest BCUT2D eigenvalue weighted by molar-refractivity contribution is -0.131. The molecular formula is C27H35N3O. The predicted molar refractivity (Wildman–Crippen MR) is 127 cm³/mol. The van der Waals surface area contributed by atoms with Gasteiger partial charge in [-0.1, -0.05) is 59.7 Å². The van der Waals surface area contributed by atoms with Gasteiger partial charge in [0.2, 0.25) is 5.91 Å². The average Bonchev–Trinajstić information content (AvgIpc) is 2.99. The highest BCUT2D eigenvalue weighted by molar-refractivity contribution is 5.76. The van der Waals surface area contributed by atoms with Crippen molar-refractivity contribution < 1.29 is 4.79 Å². The maximum absolute atomic E-state index is 13.2. The normalized spacial score (nSPS) is 11.2. The van der Waals surface area contributed by atoms with Crippen molar-refractivity contribution in [3.8, 4) is 0 Å². The Hall–Kier alpha value is -2.88. The van der Waals surface area contributed by atoms with Crippen LogP contribution in [0.1, 0.15) is 45.6 Å². The third-order valence-corrected chi connectivity index (χ3v) is 6.37. The zero-order valence-corrected chi connectivity index (χ0v) is 19.8. The summed E-state index contributed by atoms with van der Waals surface area (Å²) in [5.41, 5.74) is 8.39. The maximum atomic E-state index is 13.2. The molecule has 0 fully saturated rings. The van der Waals surface area contributed by atoms with Gasteiger partial charge in [-0.25, -0.2) is 0 Å². The van der Waals surface area contributed by atoms with E-state index < -0.39 is 0 Å². The Kier molecular flexibility index (Phi) is 7.32. The summed E-state index contributed by atoms with van der Waals surface area (Å²) in [6.07, 6.45) is 2.93. The van der Waals surface area contributed by atoms with Crippen LogP contribution in [0.15, 0.2) is 48.5 Å². The molecule has 1 heterocycles. The molecule has 4 nitrogen and oxygen atoms in total. The number of aryl methyl sites for hydroxylation is 4. The Morgan fingerprint density at radius 1 is 0.903 bits per heavy atom. The molecular weight excluding hydrogens is 382 g/mol. The topological polar surface area (TPSA) is 38.1 Å². The highest BCUT2D eigenvalue weighted by Gasteiger charge is 2.22. The average molecular weight is 418 g/mol. The minimum Gasteiger partial charge on any atom is -0.342 e. The lowest BCUT2D eigenvalue weighted by atomic mass is 9.96. The Balaban J connectivity index is 1.74. The number of aromatic nitrogens is 2. The highest BCUT2D eigenvalue weighted by atomic mass is 16.2. The molecule has 0 aliphatic heterocycles. The smallest absolute Gasteiger partial charge is 0.222 e. The van der Waals surface area contributed by atoms with Crippen LogP contribution < -0.4 is 0 Å². The summed E-state index contributed by atoms with van der Waals surface area (Å²) in [5, 5.41) is 4.49. The van der Waals surface area contributed by atoms with E-state index in [9.17, 15) is 4.79 Å². The van der Waals surface area contributed by atoms with Crippen molar-refractivity contribution in [2.75, 3.05) is 7.05 Å². The van der Waals surface area contributed by atoms with E-state index in [-0.39, 0.29) is 11.9 Å². The lowest BCUT2D eigenvalue weighted by Crippen LogP contribution is -2.40. The minimum absolute atomic E-state index is 0.119. The van der Waals surface area contributed by atoms with Gasteiger partial charge in [-0.2, -0.15) is 5.10 Å². The second-order valence-corrected chi connectivity index (χ2v) is 8.81. The largest absolute Gasteiger partial charge is 0.342 e. The van der Waals surface area contributed by atoms with Crippen molar-refractivity contribution in [3.05, 3.63) is 87.7 Å². The molecule has 1 amide bonds. The van der Waals surface area contributed by atoms with Crippen LogP contribution in [0.3, 0.4) is 0 Å². The molecule has 0 aliphatic rings. The molecule has 0 unspecified atom stereocenters. The summed E-state index contributed by atoms with van der Waals surface area (Å²) in [4.78, 5) is 15.1. The Bertz CT molecular complexity index is 968. The molecule has 3 rings (SSSR count). The Labute approximate surface area is 186 Å². The van der Waals surface area contributed by atoms with Crippen LogP contribution >= 0.6 is 0 Å². The van der Waals surface area contributed by atoms with Gasteiger partial charge in [-0.15, -0.1) is 0 Å². The first-order valence-corrected chi connectivity index (χ1v) is 11.1. The zero-order chi connectivity index (χ0) is 22.5. The minimum atomic E-state index is 0.119. The molecule has 0 atom stereocenters. The standard InChI is InChI=1S/C27H35N3O/c1-19-7-11-23(12-8-19)17-25(18-24-13-9-20(2)10-14-24)29(5)27(31)16-15-26-21(3)28-30(6)22(26)4/h7-14,25H,15-18H2,1-6H3. The molecule has 4 heteroatoms. The van der Waals surface area contributed by atoms with Crippen LogP contribution in [0.4, 0.5) is 0 Å². The van der Waals surface area contributed by atoms with Crippen molar-refractivity contribution in [2.45, 2.75) is 59.4 Å². The van der Waals surface area contributed by atoms with E-state index in [1.54, 1.807) is 0 Å². The zero-order valence-electron chi connectivity index (χ0n) is 19.8. The number of hydrogen-bond acceptors (Lipinski definition) is 2. The SMILES string of the molecule is Cc1ccc(CC(Cc2ccc(C)cc2)N(C)C(=O)CCc2c(C)nn(C)c2C)cc1. The second-order valence-electron chi connectivity index (χ2n) is 8.81. The van der Waals surface area contributed by atoms with Crippen molar-refractivity contribution in [1.82, 2.24) is 14.7 Å². The first kappa shape index (κ1) is 22.8. The summed E-state index contributed by atoms with van der Waals surface area (Å²) in [7, 11) is 3.91. The van der Waals surface area contributed by atoms with Crippen molar-refractivity contribution >= 4 is 5.91 Å². The summed E-state index contributed by atoms with van der Waals surface area (Å²) >= 11 is 0. The number of likely N-dealkylation sites (N-methyl/N-ethyl adjacent to an activating group) is 1. The van der Waals surface area contributed by atoms with Gasteiger partial charge in [0.05, 0.1) is 5.69 Å². The lowest BCUT2D eigenvalue weighted by Gasteiger charge is -2.29. The first-order chi connectivity index (χ1) is 14.7. The molecule has 3 aromatic rings. The van der Waals surface area contributed by atoms with E-state index >= 15 is 0 Å². The highest BCUT2D eigenvalue weighted by Crippen LogP contribution is 2.18. The van der Waals surface area contributed by atoms with Gasteiger partial charge in [0.15, 0.2) is 0 Å². The van der Waals surface area contributed by atoms with Crippen LogP contribution in [-0.2, 0) is 31.1 Å². The molecule has 0 saturated carbocycles. The molecule has 0 radical (unpaired) electrons. The van der Waals surface area contributed by atoms with Gasteiger partial charge >= 0.3 is 0 Å². The monoisotopic (exact) mass is 417 g/mol. The molecule has 0 aliphatic carbocycles. The third kappa shape index (κ3) is 5.84. The summed E-state index contributed by atoms with van der Waals surface area (Å²) in [6.45, 7) is 8.30. The van der Waals surface area contributed by atoms with Gasteiger partial charge in [-0.3, -0.25) is 9.48 Å². The van der Waals surface area contributed by atoms with Gasteiger partial charge in [-0.05, 0) is 63.6 Å².